The third-order valence-corrected chi connectivity index (χ3v) is 3.91. The van der Waals surface area contributed by atoms with Gasteiger partial charge >= 0.3 is 0 Å². The number of nitrogens with zero attached hydrogens (tertiary/aromatic N) is 2. The lowest BCUT2D eigenvalue weighted by Gasteiger charge is -2.13. The molecular formula is C18H18ClN3. The first-order chi connectivity index (χ1) is 10.6. The molecule has 1 heterocycles. The molecule has 4 heteroatoms. The van der Waals surface area contributed by atoms with E-state index >= 15 is 0 Å². The Kier molecular flexibility index (Phi) is 4.25. The van der Waals surface area contributed by atoms with Gasteiger partial charge in [-0.05, 0) is 23.8 Å². The van der Waals surface area contributed by atoms with Gasteiger partial charge in [0.2, 0.25) is 0 Å². The zero-order valence-electron chi connectivity index (χ0n) is 12.7. The largest absolute Gasteiger partial charge is 0.365 e. The second-order valence-electron chi connectivity index (χ2n) is 5.55. The number of nitrogens with one attached hydrogen (secondary N) is 1. The van der Waals surface area contributed by atoms with Gasteiger partial charge in [0.15, 0.2) is 0 Å². The third kappa shape index (κ3) is 3.04. The van der Waals surface area contributed by atoms with E-state index in [1.165, 1.54) is 0 Å². The van der Waals surface area contributed by atoms with Gasteiger partial charge in [-0.3, -0.25) is 0 Å². The van der Waals surface area contributed by atoms with E-state index in [9.17, 15) is 0 Å². The van der Waals surface area contributed by atoms with Crippen molar-refractivity contribution in [1.82, 2.24) is 9.97 Å². The molecule has 0 aliphatic carbocycles. The summed E-state index contributed by atoms with van der Waals surface area (Å²) in [5.41, 5.74) is 2.01. The molecule has 0 aliphatic heterocycles. The van der Waals surface area contributed by atoms with Crippen LogP contribution in [0.1, 0.15) is 31.2 Å². The summed E-state index contributed by atoms with van der Waals surface area (Å²) in [6.07, 6.45) is 0. The van der Waals surface area contributed by atoms with E-state index in [1.54, 1.807) is 0 Å². The van der Waals surface area contributed by atoms with Crippen molar-refractivity contribution >= 4 is 28.3 Å². The van der Waals surface area contributed by atoms with E-state index in [2.05, 4.69) is 29.1 Å². The summed E-state index contributed by atoms with van der Waals surface area (Å²) in [7, 11) is 0. The molecule has 22 heavy (non-hydrogen) atoms. The summed E-state index contributed by atoms with van der Waals surface area (Å²) in [5, 5.41) is 5.19. The van der Waals surface area contributed by atoms with Crippen LogP contribution in [-0.2, 0) is 6.54 Å². The molecule has 0 bridgehead atoms. The molecule has 0 amide bonds. The van der Waals surface area contributed by atoms with Crippen LogP contribution in [-0.4, -0.2) is 9.97 Å². The number of halogens is 1. The fourth-order valence-electron chi connectivity index (χ4n) is 2.31. The lowest BCUT2D eigenvalue weighted by atomic mass is 10.1. The molecule has 3 aromatic rings. The predicted octanol–water partition coefficient (Wildman–Crippen LogP) is 5.02. The van der Waals surface area contributed by atoms with E-state index in [4.69, 9.17) is 11.6 Å². The molecule has 0 saturated heterocycles. The van der Waals surface area contributed by atoms with Gasteiger partial charge in [0.05, 0.1) is 5.52 Å². The maximum absolute atomic E-state index is 6.22. The fourth-order valence-corrected chi connectivity index (χ4v) is 2.51. The van der Waals surface area contributed by atoms with Crippen molar-refractivity contribution in [2.45, 2.75) is 26.3 Å². The summed E-state index contributed by atoms with van der Waals surface area (Å²) in [4.78, 5) is 9.31. The summed E-state index contributed by atoms with van der Waals surface area (Å²) in [6, 6.07) is 15.9. The molecule has 0 fully saturated rings. The average Bonchev–Trinajstić information content (AvgIpc) is 2.53. The number of anilines is 1. The SMILES string of the molecule is CC(C)c1nc(NCc2ccccc2Cl)c2ccccc2n1. The zero-order chi connectivity index (χ0) is 15.5. The summed E-state index contributed by atoms with van der Waals surface area (Å²) in [5.74, 6) is 1.99. The Morgan fingerprint density at radius 2 is 1.73 bits per heavy atom. The number of rotatable bonds is 4. The van der Waals surface area contributed by atoms with Crippen LogP contribution in [0.2, 0.25) is 5.02 Å². The average molecular weight is 312 g/mol. The van der Waals surface area contributed by atoms with Gasteiger partial charge in [-0.1, -0.05) is 55.8 Å². The molecule has 1 aromatic heterocycles. The Morgan fingerprint density at radius 3 is 2.50 bits per heavy atom. The topological polar surface area (TPSA) is 37.8 Å². The maximum Gasteiger partial charge on any atom is 0.137 e. The molecule has 3 nitrogen and oxygen atoms in total. The smallest absolute Gasteiger partial charge is 0.137 e. The fraction of sp³-hybridized carbons (Fsp3) is 0.222. The van der Waals surface area contributed by atoms with Gasteiger partial charge in [0.1, 0.15) is 11.6 Å². The van der Waals surface area contributed by atoms with Crippen LogP contribution in [0, 0.1) is 0 Å². The predicted molar refractivity (Wildman–Crippen MR) is 92.4 cm³/mol. The molecule has 3 rings (SSSR count). The molecule has 1 N–H and O–H groups in total. The van der Waals surface area contributed by atoms with Crippen LogP contribution in [0.15, 0.2) is 48.5 Å². The molecule has 0 radical (unpaired) electrons. The quantitative estimate of drug-likeness (QED) is 0.735. The number of benzene rings is 2. The first kappa shape index (κ1) is 14.8. The highest BCUT2D eigenvalue weighted by molar-refractivity contribution is 6.31. The van der Waals surface area contributed by atoms with Crippen molar-refractivity contribution in [3.63, 3.8) is 0 Å². The number of fused-ring (bicyclic) bond motifs is 1. The molecule has 0 saturated carbocycles. The van der Waals surface area contributed by atoms with E-state index in [0.29, 0.717) is 6.54 Å². The highest BCUT2D eigenvalue weighted by Crippen LogP contribution is 2.24. The number of hydrogen-bond acceptors (Lipinski definition) is 3. The van der Waals surface area contributed by atoms with E-state index in [-0.39, 0.29) is 5.92 Å². The van der Waals surface area contributed by atoms with Gasteiger partial charge in [-0.15, -0.1) is 0 Å². The highest BCUT2D eigenvalue weighted by atomic mass is 35.5. The second-order valence-corrected chi connectivity index (χ2v) is 5.95. The minimum absolute atomic E-state index is 0.283. The molecule has 0 atom stereocenters. The van der Waals surface area contributed by atoms with E-state index < -0.39 is 0 Å². The van der Waals surface area contributed by atoms with Crippen molar-refractivity contribution in [3.8, 4) is 0 Å². The molecule has 0 unspecified atom stereocenters. The van der Waals surface area contributed by atoms with Gasteiger partial charge in [-0.25, -0.2) is 9.97 Å². The lowest BCUT2D eigenvalue weighted by Crippen LogP contribution is -2.06. The van der Waals surface area contributed by atoms with Crippen LogP contribution < -0.4 is 5.32 Å². The van der Waals surface area contributed by atoms with Crippen LogP contribution in [0.4, 0.5) is 5.82 Å². The van der Waals surface area contributed by atoms with Crippen molar-refractivity contribution < 1.29 is 0 Å². The van der Waals surface area contributed by atoms with Gasteiger partial charge in [-0.2, -0.15) is 0 Å². The summed E-state index contributed by atoms with van der Waals surface area (Å²) in [6.45, 7) is 4.84. The Hall–Kier alpha value is -2.13. The minimum Gasteiger partial charge on any atom is -0.365 e. The Labute approximate surface area is 135 Å². The van der Waals surface area contributed by atoms with Crippen LogP contribution in [0.25, 0.3) is 10.9 Å². The van der Waals surface area contributed by atoms with E-state index in [1.807, 2.05) is 48.5 Å². The van der Waals surface area contributed by atoms with Crippen LogP contribution in [0.5, 0.6) is 0 Å². The number of hydrogen-bond donors (Lipinski definition) is 1. The first-order valence-electron chi connectivity index (χ1n) is 7.39. The Morgan fingerprint density at radius 1 is 1.00 bits per heavy atom. The number of aromatic nitrogens is 2. The normalized spacial score (nSPS) is 11.1. The summed E-state index contributed by atoms with van der Waals surface area (Å²) < 4.78 is 0. The standard InChI is InChI=1S/C18H18ClN3/c1-12(2)17-21-16-10-6-4-8-14(16)18(22-17)20-11-13-7-3-5-9-15(13)19/h3-10,12H,11H2,1-2H3,(H,20,21,22). The van der Waals surface area contributed by atoms with Crippen LogP contribution >= 0.6 is 11.6 Å². The molecule has 0 aliphatic rings. The molecule has 2 aromatic carbocycles. The van der Waals surface area contributed by atoms with Gasteiger partial charge in [0, 0.05) is 22.9 Å². The molecule has 0 spiro atoms. The number of para-hydroxylation sites is 1. The first-order valence-corrected chi connectivity index (χ1v) is 7.77. The van der Waals surface area contributed by atoms with Crippen LogP contribution in [0.3, 0.4) is 0 Å². The zero-order valence-corrected chi connectivity index (χ0v) is 13.4. The van der Waals surface area contributed by atoms with Crippen molar-refractivity contribution in [1.29, 1.82) is 0 Å². The highest BCUT2D eigenvalue weighted by Gasteiger charge is 2.10. The lowest BCUT2D eigenvalue weighted by molar-refractivity contribution is 0.783. The Balaban J connectivity index is 1.97. The molecule has 112 valence electrons. The van der Waals surface area contributed by atoms with Crippen molar-refractivity contribution in [3.05, 3.63) is 64.9 Å². The van der Waals surface area contributed by atoms with Gasteiger partial charge in [0.25, 0.3) is 0 Å². The second kappa shape index (κ2) is 6.32. The summed E-state index contributed by atoms with van der Waals surface area (Å²) >= 11 is 6.22. The monoisotopic (exact) mass is 311 g/mol. The Bertz CT molecular complexity index is 799. The third-order valence-electron chi connectivity index (χ3n) is 3.54. The van der Waals surface area contributed by atoms with Gasteiger partial charge < -0.3 is 5.32 Å². The van der Waals surface area contributed by atoms with E-state index in [0.717, 1.165) is 33.1 Å². The molecular weight excluding hydrogens is 294 g/mol. The van der Waals surface area contributed by atoms with Crippen molar-refractivity contribution in [2.75, 3.05) is 5.32 Å². The van der Waals surface area contributed by atoms with Crippen molar-refractivity contribution in [2.24, 2.45) is 0 Å². The minimum atomic E-state index is 0.283. The maximum atomic E-state index is 6.22.